The number of aliphatic carboxylic acids is 2. The van der Waals surface area contributed by atoms with E-state index in [0.717, 1.165) is 6.92 Å². The molecule has 2 rings (SSSR count). The second-order valence-corrected chi connectivity index (χ2v) is 22.1. The Morgan fingerprint density at radius 2 is 1.11 bits per heavy atom. The molecule has 490 valence electrons. The van der Waals surface area contributed by atoms with E-state index in [9.17, 15) is 98.4 Å². The van der Waals surface area contributed by atoms with Crippen molar-refractivity contribution in [1.82, 2.24) is 58.5 Å². The van der Waals surface area contributed by atoms with Crippen LogP contribution in [0.3, 0.4) is 0 Å². The van der Waals surface area contributed by atoms with Gasteiger partial charge in [-0.25, -0.2) is 0 Å². The Kier molecular flexibility index (Phi) is 33.2. The van der Waals surface area contributed by atoms with E-state index in [4.69, 9.17) is 4.74 Å². The van der Waals surface area contributed by atoms with E-state index < -0.39 is 188 Å². The molecule has 33 heteroatoms. The topological polar surface area (TPSA) is 508 Å². The molecule has 87 heavy (non-hydrogen) atoms. The zero-order valence-corrected chi connectivity index (χ0v) is 50.5. The molecule has 1 aromatic rings. The van der Waals surface area contributed by atoms with Crippen LogP contribution in [-0.2, 0) is 68.7 Å². The maximum atomic E-state index is 13.7. The van der Waals surface area contributed by atoms with Gasteiger partial charge >= 0.3 is 11.9 Å². The van der Waals surface area contributed by atoms with Crippen molar-refractivity contribution in [3.05, 3.63) is 29.8 Å². The lowest BCUT2D eigenvalue weighted by molar-refractivity contribution is -0.229. The molecule has 1 fully saturated rings. The summed E-state index contributed by atoms with van der Waals surface area (Å²) < 4.78 is 5.49. The molecule has 0 bridgehead atoms. The van der Waals surface area contributed by atoms with Crippen LogP contribution in [0.25, 0.3) is 0 Å². The Morgan fingerprint density at radius 1 is 0.575 bits per heavy atom. The molecule has 1 aliphatic heterocycles. The molecular weight excluding hydrogens is 1170 g/mol. The summed E-state index contributed by atoms with van der Waals surface area (Å²) in [5, 5.41) is 105. The second-order valence-electron chi connectivity index (χ2n) is 21.7. The molecule has 0 aliphatic carbocycles. The number of nitrogens with one attached hydrogen (secondary N) is 11. The first-order valence-electron chi connectivity index (χ1n) is 28.3. The number of amides is 10. The first kappa shape index (κ1) is 75.8. The van der Waals surface area contributed by atoms with Crippen LogP contribution in [0.5, 0.6) is 5.75 Å². The number of carbonyl (C=O) groups is 12. The Morgan fingerprint density at radius 3 is 1.68 bits per heavy atom. The fraction of sp³-hybridized carbons (Fsp3) is 0.667. The highest BCUT2D eigenvalue weighted by atomic mass is 32.1. The van der Waals surface area contributed by atoms with Crippen molar-refractivity contribution in [1.29, 1.82) is 0 Å². The summed E-state index contributed by atoms with van der Waals surface area (Å²) in [7, 11) is 0. The van der Waals surface area contributed by atoms with Crippen molar-refractivity contribution in [2.75, 3.05) is 38.6 Å². The maximum Gasteiger partial charge on any atom is 0.325 e. The van der Waals surface area contributed by atoms with Gasteiger partial charge in [-0.2, -0.15) is 12.6 Å². The smallest absolute Gasteiger partial charge is 0.325 e. The molecule has 10 amide bonds. The van der Waals surface area contributed by atoms with E-state index in [2.05, 4.69) is 71.1 Å². The molecular formula is C54H87N11O21S. The number of ether oxygens (including phenoxy) is 1. The molecule has 1 heterocycles. The van der Waals surface area contributed by atoms with E-state index in [-0.39, 0.29) is 62.6 Å². The number of unbranched alkanes of at least 4 members (excludes halogenated alkanes) is 1. The second kappa shape index (κ2) is 38.1. The number of aromatic hydroxyl groups is 1. The third-order valence-corrected chi connectivity index (χ3v) is 13.9. The number of aliphatic hydroxyl groups is 5. The van der Waals surface area contributed by atoms with Crippen molar-refractivity contribution in [3.8, 4) is 5.75 Å². The number of thiol groups is 1. The SMILES string of the molecule is CC(=O)N[C@H](C(=O)N[C@@H](Cc1ccc(O)cc1)C(=O)N[C@@H](C)C(=O)N[C@@H](CS)C(=O)N[C@@H](CC(C)C)C(=O)N[C@@H](CO)C(=O)NCC(=O)N[C@@H](CCCCNCC[C@H]1O[C@H](CO)[C@@H](O)[C@H](O)[C@@H]1O)C(=O)N[C@@H](CC(=O)O)C(=O)N[C@@H](C)C(=O)O)C(C)C. The minimum absolute atomic E-state index is 0.0532. The third-order valence-electron chi connectivity index (χ3n) is 13.5. The number of phenols is 1. The highest BCUT2D eigenvalue weighted by Crippen LogP contribution is 2.23. The van der Waals surface area contributed by atoms with Crippen molar-refractivity contribution >= 4 is 83.6 Å². The Balaban J connectivity index is 2.17. The van der Waals surface area contributed by atoms with Gasteiger partial charge in [-0.3, -0.25) is 57.5 Å². The van der Waals surface area contributed by atoms with Gasteiger partial charge in [0, 0.05) is 19.1 Å². The van der Waals surface area contributed by atoms with Gasteiger partial charge in [0.25, 0.3) is 0 Å². The molecule has 1 aliphatic rings. The summed E-state index contributed by atoms with van der Waals surface area (Å²) in [4.78, 5) is 156. The maximum absolute atomic E-state index is 13.7. The predicted molar refractivity (Wildman–Crippen MR) is 309 cm³/mol. The zero-order valence-electron chi connectivity index (χ0n) is 49.6. The summed E-state index contributed by atoms with van der Waals surface area (Å²) in [6.07, 6.45) is -7.28. The summed E-state index contributed by atoms with van der Waals surface area (Å²) >= 11 is 4.20. The van der Waals surface area contributed by atoms with Crippen LogP contribution in [0.1, 0.15) is 92.6 Å². The third kappa shape index (κ3) is 26.7. The standard InChI is InChI=1S/C54H87N11O21S/c1-25(2)18-33(61-52(82)37(24-87)65-46(76)27(5)57-49(79)34(19-30-11-13-31(69)14-12-30)63-53(83)42(26(3)4)59-29(7)68)51(81)64-36(22-66)47(77)56-21-40(70)60-32(48(78)62-35(20-41(71)72)50(80)58-28(6)54(84)85)10-8-9-16-55-17-15-38-43(73)45(75)44(74)39(23-67)86-38/h11-14,25-28,32-39,42-45,55,66-67,69,73-75,87H,8-10,15-24H2,1-7H3,(H,56,77)(H,57,79)(H,58,80)(H,59,68)(H,60,70)(H,61,82)(H,62,78)(H,63,83)(H,64,81)(H,65,76)(H,71,72)(H,84,85)/t27-,28-,32-,33-,34-,35-,36-,37-,38+,39+,42-,43+,44+,45+/m0/s1. The Bertz CT molecular complexity index is 2490. The van der Waals surface area contributed by atoms with Crippen molar-refractivity contribution in [2.45, 2.75) is 178 Å². The van der Waals surface area contributed by atoms with Crippen LogP contribution < -0.4 is 58.5 Å². The molecule has 19 N–H and O–H groups in total. The van der Waals surface area contributed by atoms with Gasteiger partial charge in [-0.05, 0) is 88.6 Å². The number of carboxylic acid groups (broad SMARTS) is 2. The van der Waals surface area contributed by atoms with Gasteiger partial charge in [0.2, 0.25) is 59.1 Å². The van der Waals surface area contributed by atoms with Crippen LogP contribution in [0.2, 0.25) is 0 Å². The molecule has 0 saturated carbocycles. The summed E-state index contributed by atoms with van der Waals surface area (Å²) in [5.74, 6) is -13.3. The van der Waals surface area contributed by atoms with Crippen LogP contribution in [0.15, 0.2) is 24.3 Å². The number of phenolic OH excluding ortho intramolecular Hbond substituents is 1. The zero-order chi connectivity index (χ0) is 65.8. The van der Waals surface area contributed by atoms with Gasteiger partial charge in [0.1, 0.15) is 84.5 Å². The number of benzene rings is 1. The largest absolute Gasteiger partial charge is 0.508 e. The van der Waals surface area contributed by atoms with Crippen molar-refractivity contribution in [2.24, 2.45) is 11.8 Å². The Hall–Kier alpha value is -7.27. The van der Waals surface area contributed by atoms with Crippen LogP contribution >= 0.6 is 12.6 Å². The van der Waals surface area contributed by atoms with E-state index >= 15 is 0 Å². The van der Waals surface area contributed by atoms with Crippen molar-refractivity contribution < 1.29 is 103 Å². The van der Waals surface area contributed by atoms with Gasteiger partial charge in [-0.1, -0.05) is 39.8 Å². The number of carboxylic acids is 2. The van der Waals surface area contributed by atoms with E-state index in [1.807, 2.05) is 0 Å². The summed E-state index contributed by atoms with van der Waals surface area (Å²) in [6.45, 7) is 8.33. The van der Waals surface area contributed by atoms with Gasteiger partial charge in [0.15, 0.2) is 0 Å². The summed E-state index contributed by atoms with van der Waals surface area (Å²) in [5.41, 5.74) is 0.512. The summed E-state index contributed by atoms with van der Waals surface area (Å²) in [6, 6.07) is -7.33. The molecule has 0 radical (unpaired) electrons. The number of hydrogen-bond donors (Lipinski definition) is 20. The first-order valence-corrected chi connectivity index (χ1v) is 28.9. The number of rotatable bonds is 38. The molecule has 14 atom stereocenters. The van der Waals surface area contributed by atoms with Crippen LogP contribution in [0, 0.1) is 11.8 Å². The van der Waals surface area contributed by atoms with Crippen LogP contribution in [0.4, 0.5) is 0 Å². The highest BCUT2D eigenvalue weighted by molar-refractivity contribution is 7.80. The van der Waals surface area contributed by atoms with Gasteiger partial charge < -0.3 is 104 Å². The fourth-order valence-electron chi connectivity index (χ4n) is 8.63. The van der Waals surface area contributed by atoms with E-state index in [0.29, 0.717) is 12.0 Å². The van der Waals surface area contributed by atoms with Crippen LogP contribution in [-0.4, -0.2) is 235 Å². The number of carbonyl (C=O) groups excluding carboxylic acids is 10. The molecule has 0 spiro atoms. The molecule has 32 nitrogen and oxygen atoms in total. The fourth-order valence-corrected chi connectivity index (χ4v) is 8.88. The minimum atomic E-state index is -1.82. The van der Waals surface area contributed by atoms with Crippen molar-refractivity contribution in [3.63, 3.8) is 0 Å². The molecule has 0 aromatic heterocycles. The van der Waals surface area contributed by atoms with Gasteiger partial charge in [-0.15, -0.1) is 0 Å². The number of hydrogen-bond acceptors (Lipinski definition) is 21. The average Bonchev–Trinajstić information content (AvgIpc) is 2.09. The first-order chi connectivity index (χ1) is 40.8. The van der Waals surface area contributed by atoms with E-state index in [1.165, 1.54) is 38.1 Å². The Labute approximate surface area is 508 Å². The average molecular weight is 1260 g/mol. The molecule has 1 aromatic carbocycles. The lowest BCUT2D eigenvalue weighted by atomic mass is 9.93. The van der Waals surface area contributed by atoms with E-state index in [1.54, 1.807) is 27.7 Å². The molecule has 0 unspecified atom stereocenters. The minimum Gasteiger partial charge on any atom is -0.508 e. The predicted octanol–water partition coefficient (Wildman–Crippen LogP) is -6.35. The molecule has 1 saturated heterocycles. The normalized spacial score (nSPS) is 19.6. The van der Waals surface area contributed by atoms with Gasteiger partial charge in [0.05, 0.1) is 32.3 Å². The monoisotopic (exact) mass is 1260 g/mol. The lowest BCUT2D eigenvalue weighted by Crippen LogP contribution is -2.60. The highest BCUT2D eigenvalue weighted by Gasteiger charge is 2.43. The lowest BCUT2D eigenvalue weighted by Gasteiger charge is -2.40. The number of aliphatic hydroxyl groups excluding tert-OH is 5. The quantitative estimate of drug-likeness (QED) is 0.0216.